The molecule has 21 heavy (non-hydrogen) atoms. The van der Waals surface area contributed by atoms with Gasteiger partial charge in [-0.1, -0.05) is 35.6 Å². The molecule has 0 unspecified atom stereocenters. The predicted octanol–water partition coefficient (Wildman–Crippen LogP) is 2.60. The molecule has 2 aromatic heterocycles. The van der Waals surface area contributed by atoms with Crippen LogP contribution in [0.5, 0.6) is 0 Å². The van der Waals surface area contributed by atoms with E-state index in [0.29, 0.717) is 9.49 Å². The topological polar surface area (TPSA) is 34.4 Å². The Hall–Kier alpha value is -2.53. The van der Waals surface area contributed by atoms with Crippen LogP contribution in [0.3, 0.4) is 0 Å². The van der Waals surface area contributed by atoms with Gasteiger partial charge in [-0.2, -0.15) is 0 Å². The standard InChI is InChI=1S/C16H9FN2OS/c17-11-7-5-10(6-8-11)9-14-15(20)19-13-4-2-1-3-12(13)18-16(19)21-14/h1-9H/b14-9+. The lowest BCUT2D eigenvalue weighted by Gasteiger charge is -1.90. The Kier molecular flexibility index (Phi) is 2.62. The molecule has 5 heteroatoms. The van der Waals surface area contributed by atoms with Gasteiger partial charge in [0.05, 0.1) is 15.6 Å². The Morgan fingerprint density at radius 1 is 1.10 bits per heavy atom. The van der Waals surface area contributed by atoms with Crippen molar-refractivity contribution in [3.63, 3.8) is 0 Å². The molecule has 0 N–H and O–H groups in total. The lowest BCUT2D eigenvalue weighted by Crippen LogP contribution is -2.22. The molecule has 0 atom stereocenters. The summed E-state index contributed by atoms with van der Waals surface area (Å²) >= 11 is 1.34. The first-order valence-electron chi connectivity index (χ1n) is 6.40. The second kappa shape index (κ2) is 4.49. The first-order chi connectivity index (χ1) is 10.2. The average molecular weight is 296 g/mol. The second-order valence-electron chi connectivity index (χ2n) is 4.69. The van der Waals surface area contributed by atoms with Gasteiger partial charge in [-0.15, -0.1) is 0 Å². The summed E-state index contributed by atoms with van der Waals surface area (Å²) in [5, 5.41) is 0. The van der Waals surface area contributed by atoms with Crippen LogP contribution in [0.4, 0.5) is 4.39 Å². The molecule has 0 saturated heterocycles. The minimum atomic E-state index is -0.290. The highest BCUT2D eigenvalue weighted by Crippen LogP contribution is 2.15. The minimum absolute atomic E-state index is 0.0898. The van der Waals surface area contributed by atoms with Crippen LogP contribution in [0.1, 0.15) is 5.56 Å². The largest absolute Gasteiger partial charge is 0.274 e. The fourth-order valence-electron chi connectivity index (χ4n) is 2.32. The van der Waals surface area contributed by atoms with E-state index < -0.39 is 0 Å². The van der Waals surface area contributed by atoms with E-state index in [9.17, 15) is 9.18 Å². The molecule has 0 aliphatic heterocycles. The zero-order chi connectivity index (χ0) is 14.4. The molecular weight excluding hydrogens is 287 g/mol. The average Bonchev–Trinajstić information content (AvgIpc) is 2.99. The Morgan fingerprint density at radius 3 is 2.67 bits per heavy atom. The number of nitrogens with zero attached hydrogens (tertiary/aromatic N) is 2. The number of para-hydroxylation sites is 2. The maximum atomic E-state index is 12.9. The number of hydrogen-bond acceptors (Lipinski definition) is 3. The van der Waals surface area contributed by atoms with Gasteiger partial charge in [0, 0.05) is 0 Å². The quantitative estimate of drug-likeness (QED) is 0.541. The fourth-order valence-corrected chi connectivity index (χ4v) is 3.31. The number of halogens is 1. The fraction of sp³-hybridized carbons (Fsp3) is 0. The number of thiazole rings is 1. The zero-order valence-electron chi connectivity index (χ0n) is 10.8. The van der Waals surface area contributed by atoms with E-state index in [-0.39, 0.29) is 11.4 Å². The van der Waals surface area contributed by atoms with Gasteiger partial charge in [-0.05, 0) is 35.9 Å². The van der Waals surface area contributed by atoms with Crippen LogP contribution in [0.15, 0.2) is 53.3 Å². The summed E-state index contributed by atoms with van der Waals surface area (Å²) < 4.78 is 15.1. The number of hydrogen-bond donors (Lipinski definition) is 0. The van der Waals surface area contributed by atoms with Crippen LogP contribution in [0.2, 0.25) is 0 Å². The molecule has 0 aliphatic rings. The Labute approximate surface area is 122 Å². The number of rotatable bonds is 1. The third-order valence-electron chi connectivity index (χ3n) is 3.31. The Morgan fingerprint density at radius 2 is 1.86 bits per heavy atom. The number of aromatic nitrogens is 2. The summed E-state index contributed by atoms with van der Waals surface area (Å²) in [5.41, 5.74) is 2.33. The molecule has 0 spiro atoms. The van der Waals surface area contributed by atoms with E-state index in [4.69, 9.17) is 0 Å². The number of benzene rings is 2. The van der Waals surface area contributed by atoms with Crippen LogP contribution in [0.25, 0.3) is 22.1 Å². The lowest BCUT2D eigenvalue weighted by molar-refractivity contribution is 0.628. The van der Waals surface area contributed by atoms with Crippen LogP contribution in [-0.4, -0.2) is 9.38 Å². The third-order valence-corrected chi connectivity index (χ3v) is 4.28. The van der Waals surface area contributed by atoms with E-state index >= 15 is 0 Å². The number of imidazole rings is 1. The van der Waals surface area contributed by atoms with E-state index in [2.05, 4.69) is 4.98 Å². The van der Waals surface area contributed by atoms with Gasteiger partial charge in [0.25, 0.3) is 5.56 Å². The monoisotopic (exact) mass is 296 g/mol. The molecule has 0 bridgehead atoms. The van der Waals surface area contributed by atoms with Gasteiger partial charge in [0.2, 0.25) is 0 Å². The molecule has 4 aromatic rings. The van der Waals surface area contributed by atoms with E-state index in [0.717, 1.165) is 16.6 Å². The van der Waals surface area contributed by atoms with Crippen molar-refractivity contribution in [3.8, 4) is 0 Å². The molecule has 0 fully saturated rings. The highest BCUT2D eigenvalue weighted by molar-refractivity contribution is 7.15. The first-order valence-corrected chi connectivity index (χ1v) is 7.21. The second-order valence-corrected chi connectivity index (χ2v) is 5.69. The maximum absolute atomic E-state index is 12.9. The molecule has 0 amide bonds. The summed E-state index contributed by atoms with van der Waals surface area (Å²) in [6.45, 7) is 0. The summed E-state index contributed by atoms with van der Waals surface area (Å²) in [6, 6.07) is 13.6. The zero-order valence-corrected chi connectivity index (χ0v) is 11.6. The minimum Gasteiger partial charge on any atom is -0.267 e. The summed E-state index contributed by atoms with van der Waals surface area (Å²) in [6.07, 6.45) is 1.76. The van der Waals surface area contributed by atoms with Crippen molar-refractivity contribution >= 4 is 33.4 Å². The molecule has 102 valence electrons. The first kappa shape index (κ1) is 12.2. The molecule has 0 radical (unpaired) electrons. The molecule has 2 aromatic carbocycles. The SMILES string of the molecule is O=c1/c(=C\c2ccc(F)cc2)sc2nc3ccccc3n12. The van der Waals surface area contributed by atoms with Crippen molar-refractivity contribution in [1.29, 1.82) is 0 Å². The van der Waals surface area contributed by atoms with Crippen LogP contribution in [0, 0.1) is 5.82 Å². The summed E-state index contributed by atoms with van der Waals surface area (Å²) in [5.74, 6) is -0.290. The predicted molar refractivity (Wildman–Crippen MR) is 82.0 cm³/mol. The summed E-state index contributed by atoms with van der Waals surface area (Å²) in [7, 11) is 0. The van der Waals surface area contributed by atoms with E-state index in [1.54, 1.807) is 22.6 Å². The van der Waals surface area contributed by atoms with E-state index in [1.807, 2.05) is 24.3 Å². The molecular formula is C16H9FN2OS. The molecule has 3 nitrogen and oxygen atoms in total. The van der Waals surface area contributed by atoms with Crippen LogP contribution < -0.4 is 10.1 Å². The van der Waals surface area contributed by atoms with Crippen molar-refractivity contribution in [2.24, 2.45) is 0 Å². The van der Waals surface area contributed by atoms with Gasteiger partial charge in [0.15, 0.2) is 4.96 Å². The smallest absolute Gasteiger partial charge is 0.267 e. The van der Waals surface area contributed by atoms with E-state index in [1.165, 1.54) is 23.5 Å². The van der Waals surface area contributed by atoms with Crippen molar-refractivity contribution in [1.82, 2.24) is 9.38 Å². The van der Waals surface area contributed by atoms with Crippen molar-refractivity contribution in [2.75, 3.05) is 0 Å². The van der Waals surface area contributed by atoms with Crippen LogP contribution in [-0.2, 0) is 0 Å². The molecule has 0 saturated carbocycles. The van der Waals surface area contributed by atoms with Gasteiger partial charge in [-0.3, -0.25) is 4.79 Å². The highest BCUT2D eigenvalue weighted by Gasteiger charge is 2.10. The third kappa shape index (κ3) is 1.94. The number of fused-ring (bicyclic) bond motifs is 3. The Balaban J connectivity index is 2.00. The maximum Gasteiger partial charge on any atom is 0.274 e. The Bertz CT molecular complexity index is 1060. The molecule has 0 aliphatic carbocycles. The highest BCUT2D eigenvalue weighted by atomic mass is 32.1. The van der Waals surface area contributed by atoms with Crippen molar-refractivity contribution < 1.29 is 4.39 Å². The molecule has 2 heterocycles. The van der Waals surface area contributed by atoms with Gasteiger partial charge >= 0.3 is 0 Å². The van der Waals surface area contributed by atoms with Crippen LogP contribution >= 0.6 is 11.3 Å². The molecule has 4 rings (SSSR count). The summed E-state index contributed by atoms with van der Waals surface area (Å²) in [4.78, 5) is 17.6. The lowest BCUT2D eigenvalue weighted by atomic mass is 10.2. The van der Waals surface area contributed by atoms with Gasteiger partial charge in [-0.25, -0.2) is 13.8 Å². The van der Waals surface area contributed by atoms with Gasteiger partial charge in [0.1, 0.15) is 5.82 Å². The van der Waals surface area contributed by atoms with Crippen molar-refractivity contribution in [3.05, 3.63) is 74.8 Å². The van der Waals surface area contributed by atoms with Gasteiger partial charge < -0.3 is 0 Å². The van der Waals surface area contributed by atoms with Crippen molar-refractivity contribution in [2.45, 2.75) is 0 Å². The normalized spacial score (nSPS) is 12.5.